The van der Waals surface area contributed by atoms with Crippen LogP contribution in [0.2, 0.25) is 0 Å². The van der Waals surface area contributed by atoms with Crippen molar-refractivity contribution in [3.8, 4) is 0 Å². The quantitative estimate of drug-likeness (QED) is 0.179. The van der Waals surface area contributed by atoms with E-state index in [4.69, 9.17) is 0 Å². The summed E-state index contributed by atoms with van der Waals surface area (Å²) in [7, 11) is -4.49. The van der Waals surface area contributed by atoms with Gasteiger partial charge < -0.3 is 9.45 Å². The van der Waals surface area contributed by atoms with Crippen LogP contribution in [-0.2, 0) is 16.7 Å². The van der Waals surface area contributed by atoms with Crippen LogP contribution in [0.3, 0.4) is 0 Å². The van der Waals surface area contributed by atoms with Crippen molar-refractivity contribution in [3.05, 3.63) is 95.0 Å². The van der Waals surface area contributed by atoms with Crippen molar-refractivity contribution in [1.29, 1.82) is 0 Å². The predicted molar refractivity (Wildman–Crippen MR) is 157 cm³/mol. The van der Waals surface area contributed by atoms with Crippen LogP contribution in [0.5, 0.6) is 0 Å². The second-order valence-electron chi connectivity index (χ2n) is 10.4. The van der Waals surface area contributed by atoms with Gasteiger partial charge >= 0.3 is 29.6 Å². The molecule has 40 heavy (non-hydrogen) atoms. The van der Waals surface area contributed by atoms with Crippen LogP contribution in [0.1, 0.15) is 48.2 Å². The van der Waals surface area contributed by atoms with Gasteiger partial charge in [0.1, 0.15) is 21.4 Å². The number of rotatable bonds is 5. The van der Waals surface area contributed by atoms with E-state index in [2.05, 4.69) is 77.1 Å². The summed E-state index contributed by atoms with van der Waals surface area (Å²) in [6.07, 6.45) is 8.13. The topological polar surface area (TPSA) is 64.3 Å². The fourth-order valence-electron chi connectivity index (χ4n) is 6.54. The molecule has 1 saturated carbocycles. The molecule has 0 radical (unpaired) electrons. The maximum absolute atomic E-state index is 11.5. The van der Waals surface area contributed by atoms with Gasteiger partial charge in [0.2, 0.25) is 5.52 Å². The summed E-state index contributed by atoms with van der Waals surface area (Å²) in [4.78, 5) is 2.35. The Hall–Kier alpha value is -2.52. The van der Waals surface area contributed by atoms with Gasteiger partial charge in [-0.05, 0) is 84.8 Å². The molecule has 1 aliphatic heterocycles. The van der Waals surface area contributed by atoms with Crippen molar-refractivity contribution in [1.82, 2.24) is 0 Å². The van der Waals surface area contributed by atoms with Gasteiger partial charge in [0.25, 0.3) is 5.01 Å². The number of fused-ring (bicyclic) bond motifs is 6. The zero-order chi connectivity index (χ0) is 26.7. The SMILES string of the molecule is CC[n+]1c(/C=C/c2ccc3c(c2)C2CCCC2N3c2ccccc2)sc2c3ccc(S(=O)(=O)[O-])cc3ccc21.[Na+]. The van der Waals surface area contributed by atoms with Gasteiger partial charge in [-0.15, -0.1) is 0 Å². The van der Waals surface area contributed by atoms with E-state index in [1.54, 1.807) is 17.4 Å². The largest absolute Gasteiger partial charge is 1.00 e. The Morgan fingerprint density at radius 1 is 1.00 bits per heavy atom. The molecule has 1 fully saturated rings. The summed E-state index contributed by atoms with van der Waals surface area (Å²) in [6.45, 7) is 2.95. The number of nitrogens with zero attached hydrogens (tertiary/aromatic N) is 2. The minimum atomic E-state index is -4.49. The Balaban J connectivity index is 0.00000289. The van der Waals surface area contributed by atoms with Crippen LogP contribution in [-0.4, -0.2) is 19.0 Å². The number of benzene rings is 4. The average molecular weight is 576 g/mol. The molecule has 2 unspecified atom stereocenters. The fraction of sp³-hybridized carbons (Fsp3) is 0.219. The summed E-state index contributed by atoms with van der Waals surface area (Å²) in [5.74, 6) is 0.577. The van der Waals surface area contributed by atoms with Crippen molar-refractivity contribution in [2.24, 2.45) is 0 Å². The molecule has 0 bridgehead atoms. The molecule has 5 nitrogen and oxygen atoms in total. The van der Waals surface area contributed by atoms with Gasteiger partial charge in [-0.2, -0.15) is 4.57 Å². The molecular weight excluding hydrogens is 547 g/mol. The third-order valence-corrected chi connectivity index (χ3v) is 10.3. The number of hydrogen-bond acceptors (Lipinski definition) is 5. The first-order chi connectivity index (χ1) is 18.9. The van der Waals surface area contributed by atoms with Gasteiger partial charge in [-0.3, -0.25) is 0 Å². The van der Waals surface area contributed by atoms with E-state index in [0.717, 1.165) is 32.5 Å². The summed E-state index contributed by atoms with van der Waals surface area (Å²) >= 11 is 1.69. The van der Waals surface area contributed by atoms with Crippen LogP contribution in [0, 0.1) is 0 Å². The van der Waals surface area contributed by atoms with E-state index < -0.39 is 10.1 Å². The molecular formula is C32H28N2NaO3S2+. The molecule has 8 heteroatoms. The number of aromatic nitrogens is 1. The van der Waals surface area contributed by atoms with Crippen LogP contribution in [0.15, 0.2) is 83.8 Å². The maximum atomic E-state index is 11.5. The second-order valence-corrected chi connectivity index (χ2v) is 12.8. The Bertz CT molecular complexity index is 1880. The number of hydrogen-bond donors (Lipinski definition) is 0. The molecule has 2 heterocycles. The van der Waals surface area contributed by atoms with E-state index in [-0.39, 0.29) is 34.5 Å². The number of thiazole rings is 1. The standard InChI is InChI=1S/C32H28N2O3S2.Na/c1-2-33-30-17-13-22-20-24(39(35,36)37)14-15-25(22)32(30)38-31(33)18-12-21-11-16-29-27(19-21)26-9-6-10-28(26)34(29)23-7-4-3-5-8-23;/h3-5,7-8,11-20,26,28H,2,6,9-10H2,1H3;/q;+1. The average Bonchev–Trinajstić information content (AvgIpc) is 3.64. The summed E-state index contributed by atoms with van der Waals surface area (Å²) in [6, 6.07) is 26.7. The number of aryl methyl sites for hydroxylation is 1. The van der Waals surface area contributed by atoms with Crippen LogP contribution in [0.25, 0.3) is 33.1 Å². The van der Waals surface area contributed by atoms with E-state index in [0.29, 0.717) is 12.0 Å². The van der Waals surface area contributed by atoms with Gasteiger partial charge in [0, 0.05) is 40.9 Å². The third-order valence-electron chi connectivity index (χ3n) is 8.26. The molecule has 196 valence electrons. The smallest absolute Gasteiger partial charge is 0.744 e. The normalized spacial score (nSPS) is 18.4. The summed E-state index contributed by atoms with van der Waals surface area (Å²) in [5, 5.41) is 2.84. The van der Waals surface area contributed by atoms with Crippen molar-refractivity contribution in [3.63, 3.8) is 0 Å². The molecule has 1 aliphatic carbocycles. The van der Waals surface area contributed by atoms with Crippen LogP contribution < -0.4 is 39.0 Å². The van der Waals surface area contributed by atoms with E-state index >= 15 is 0 Å². The monoisotopic (exact) mass is 575 g/mol. The molecule has 0 spiro atoms. The van der Waals surface area contributed by atoms with Gasteiger partial charge in [0.05, 0.1) is 4.90 Å². The molecule has 2 aliphatic rings. The molecule has 0 amide bonds. The first-order valence-corrected chi connectivity index (χ1v) is 15.7. The zero-order valence-electron chi connectivity index (χ0n) is 22.6. The van der Waals surface area contributed by atoms with E-state index in [1.807, 2.05) is 12.1 Å². The first-order valence-electron chi connectivity index (χ1n) is 13.4. The molecule has 7 rings (SSSR count). The van der Waals surface area contributed by atoms with Gasteiger partial charge in [-0.25, -0.2) is 8.42 Å². The maximum Gasteiger partial charge on any atom is 1.00 e. The molecule has 0 saturated heterocycles. The molecule has 1 aromatic heterocycles. The Labute approximate surface area is 260 Å². The van der Waals surface area contributed by atoms with E-state index in [1.165, 1.54) is 53.9 Å². The van der Waals surface area contributed by atoms with Crippen molar-refractivity contribution < 1.29 is 47.1 Å². The van der Waals surface area contributed by atoms with E-state index in [9.17, 15) is 13.0 Å². The molecule has 5 aromatic rings. The Kier molecular flexibility index (Phi) is 7.40. The second kappa shape index (κ2) is 10.7. The zero-order valence-corrected chi connectivity index (χ0v) is 26.2. The van der Waals surface area contributed by atoms with Crippen molar-refractivity contribution in [2.45, 2.75) is 49.6 Å². The Morgan fingerprint density at radius 2 is 1.82 bits per heavy atom. The number of anilines is 2. The number of para-hydroxylation sites is 1. The van der Waals surface area contributed by atoms with Gasteiger partial charge in [0.15, 0.2) is 0 Å². The molecule has 2 atom stereocenters. The van der Waals surface area contributed by atoms with Crippen molar-refractivity contribution >= 4 is 66.0 Å². The molecule has 0 N–H and O–H groups in total. The van der Waals surface area contributed by atoms with Crippen LogP contribution in [0.4, 0.5) is 11.4 Å². The predicted octanol–water partition coefficient (Wildman–Crippen LogP) is 4.23. The summed E-state index contributed by atoms with van der Waals surface area (Å²) < 4.78 is 37.9. The minimum Gasteiger partial charge on any atom is -0.744 e. The minimum absolute atomic E-state index is 0. The van der Waals surface area contributed by atoms with Gasteiger partial charge in [-0.1, -0.05) is 48.1 Å². The van der Waals surface area contributed by atoms with Crippen LogP contribution >= 0.6 is 11.3 Å². The fourth-order valence-corrected chi connectivity index (χ4v) is 8.31. The molecule has 4 aromatic carbocycles. The summed E-state index contributed by atoms with van der Waals surface area (Å²) in [5.41, 5.74) is 6.37. The third kappa shape index (κ3) is 4.63. The Morgan fingerprint density at radius 3 is 2.60 bits per heavy atom. The first kappa shape index (κ1) is 27.6. The van der Waals surface area contributed by atoms with Crippen molar-refractivity contribution in [2.75, 3.05) is 4.90 Å².